The van der Waals surface area contributed by atoms with Gasteiger partial charge in [-0.15, -0.1) is 16.7 Å². The zero-order valence-corrected chi connectivity index (χ0v) is 19.1. The van der Waals surface area contributed by atoms with Crippen LogP contribution in [0, 0.1) is 13.8 Å². The summed E-state index contributed by atoms with van der Waals surface area (Å²) in [5.74, 6) is -0.264. The Hall–Kier alpha value is -3.37. The molecule has 0 atom stereocenters. The van der Waals surface area contributed by atoms with Crippen LogP contribution >= 0.6 is 0 Å². The van der Waals surface area contributed by atoms with Crippen molar-refractivity contribution in [1.82, 2.24) is 0 Å². The molecule has 0 heterocycles. The number of phenols is 1. The molecule has 0 spiro atoms. The molecule has 3 aromatic rings. The van der Waals surface area contributed by atoms with E-state index >= 15 is 0 Å². The molecule has 0 amide bonds. The van der Waals surface area contributed by atoms with Crippen molar-refractivity contribution in [3.05, 3.63) is 88.3 Å². The summed E-state index contributed by atoms with van der Waals surface area (Å²) in [4.78, 5) is 10.7. The number of aromatic hydroxyl groups is 1. The van der Waals surface area contributed by atoms with Crippen LogP contribution in [0.15, 0.2) is 80.9 Å². The minimum absolute atomic E-state index is 0. The maximum atomic E-state index is 11.5. The molecule has 0 aliphatic heterocycles. The standard InChI is InChI=1S/C22H18N4O5S.Cu/c1-14-8-9-17(13-27)19(10-14)23-25-22(16-6-4-3-5-7-16)26-24-20-12-18(32(29,30)31)11-15(2)21(20)28;/h3-12H,1-2H3,(H2-,23,24,25,26,27,28,29,30,31);/q-2;+2. The van der Waals surface area contributed by atoms with E-state index in [-0.39, 0.29) is 51.2 Å². The van der Waals surface area contributed by atoms with Crippen LogP contribution in [-0.4, -0.2) is 30.2 Å². The second-order valence-electron chi connectivity index (χ2n) is 6.80. The van der Waals surface area contributed by atoms with E-state index in [9.17, 15) is 22.9 Å². The van der Waals surface area contributed by atoms with Crippen LogP contribution in [0.5, 0.6) is 5.75 Å². The van der Waals surface area contributed by atoms with Crippen molar-refractivity contribution in [3.8, 4) is 5.75 Å². The Kier molecular flexibility index (Phi) is 8.61. The smallest absolute Gasteiger partial charge is 0.571 e. The molecule has 173 valence electrons. The maximum absolute atomic E-state index is 11.5. The maximum Gasteiger partial charge on any atom is 2.00 e. The van der Waals surface area contributed by atoms with Crippen molar-refractivity contribution in [3.63, 3.8) is 0 Å². The number of aryl methyl sites for hydroxylation is 2. The van der Waals surface area contributed by atoms with Gasteiger partial charge in [0.25, 0.3) is 10.1 Å². The molecule has 0 bridgehead atoms. The van der Waals surface area contributed by atoms with Crippen molar-refractivity contribution in [2.45, 2.75) is 18.7 Å². The van der Waals surface area contributed by atoms with Crippen LogP contribution in [-0.2, 0) is 32.0 Å². The number of phenolic OH excluding ortho intramolecular Hbond substituents is 1. The van der Waals surface area contributed by atoms with Crippen molar-refractivity contribution in [2.75, 3.05) is 0 Å². The first-order valence-electron chi connectivity index (χ1n) is 9.25. The molecule has 1 radical (unpaired) electrons. The molecule has 33 heavy (non-hydrogen) atoms. The number of azo groups is 1. The summed E-state index contributed by atoms with van der Waals surface area (Å²) >= 11 is 0. The van der Waals surface area contributed by atoms with E-state index in [1.54, 1.807) is 54.8 Å². The molecular formula is C22H18CuN4O5S. The summed E-state index contributed by atoms with van der Waals surface area (Å²) in [5, 5.41) is 22.5. The van der Waals surface area contributed by atoms with Gasteiger partial charge in [0.1, 0.15) is 5.75 Å². The van der Waals surface area contributed by atoms with Gasteiger partial charge in [-0.3, -0.25) is 4.55 Å². The fraction of sp³-hybridized carbons (Fsp3) is 0.0909. The molecule has 3 aromatic carbocycles. The third-order valence-electron chi connectivity index (χ3n) is 4.35. The van der Waals surface area contributed by atoms with E-state index in [1.807, 2.05) is 6.92 Å². The predicted octanol–water partition coefficient (Wildman–Crippen LogP) is 4.86. The van der Waals surface area contributed by atoms with Crippen LogP contribution in [0.25, 0.3) is 5.43 Å². The Bertz CT molecular complexity index is 1330. The monoisotopic (exact) mass is 513 g/mol. The van der Waals surface area contributed by atoms with E-state index in [0.717, 1.165) is 17.7 Å². The van der Waals surface area contributed by atoms with Gasteiger partial charge in [-0.25, -0.2) is 5.11 Å². The van der Waals surface area contributed by atoms with E-state index in [0.29, 0.717) is 5.56 Å². The Morgan fingerprint density at radius 3 is 2.36 bits per heavy atom. The van der Waals surface area contributed by atoms with Gasteiger partial charge >= 0.3 is 17.1 Å². The SMILES string of the molecule is Cc1ccc([C-]=O)c(N=NC(=N[N-]c2cc(S(=O)(=O)O)cc(C)c2O)c2ccccc2)c1.[Cu+2]. The van der Waals surface area contributed by atoms with Crippen LogP contribution in [0.4, 0.5) is 11.4 Å². The topological polar surface area (TPSA) is 143 Å². The molecule has 0 saturated heterocycles. The van der Waals surface area contributed by atoms with Crippen LogP contribution < -0.4 is 0 Å². The van der Waals surface area contributed by atoms with Crippen molar-refractivity contribution in [1.29, 1.82) is 0 Å². The minimum atomic E-state index is -4.51. The quantitative estimate of drug-likeness (QED) is 0.0919. The summed E-state index contributed by atoms with van der Waals surface area (Å²) in [6.07, 6.45) is 1.80. The van der Waals surface area contributed by atoms with Gasteiger partial charge in [-0.2, -0.15) is 14.5 Å². The number of benzene rings is 3. The summed E-state index contributed by atoms with van der Waals surface area (Å²) in [7, 11) is -4.51. The van der Waals surface area contributed by atoms with Gasteiger partial charge in [-0.05, 0) is 31.2 Å². The molecule has 3 rings (SSSR count). The summed E-state index contributed by atoms with van der Waals surface area (Å²) < 4.78 is 32.3. The Labute approximate surface area is 201 Å². The number of carbonyl (C=O) groups excluding carboxylic acids is 1. The normalized spacial score (nSPS) is 11.8. The molecule has 0 unspecified atom stereocenters. The number of nitrogens with zero attached hydrogens (tertiary/aromatic N) is 4. The third-order valence-corrected chi connectivity index (χ3v) is 5.18. The third kappa shape index (κ3) is 6.56. The fourth-order valence-electron chi connectivity index (χ4n) is 2.69. The van der Waals surface area contributed by atoms with Crippen molar-refractivity contribution >= 4 is 33.6 Å². The molecule has 0 fully saturated rings. The number of rotatable bonds is 6. The van der Waals surface area contributed by atoms with Crippen LogP contribution in [0.2, 0.25) is 0 Å². The fourth-order valence-corrected chi connectivity index (χ4v) is 3.28. The zero-order chi connectivity index (χ0) is 23.3. The second-order valence-corrected chi connectivity index (χ2v) is 8.22. The number of hydrogen-bond acceptors (Lipinski definition) is 6. The largest absolute Gasteiger partial charge is 2.00 e. The first-order valence-corrected chi connectivity index (χ1v) is 10.7. The summed E-state index contributed by atoms with van der Waals surface area (Å²) in [5.41, 5.74) is 5.83. The van der Waals surface area contributed by atoms with E-state index < -0.39 is 15.0 Å². The first kappa shape index (κ1) is 25.9. The van der Waals surface area contributed by atoms with Gasteiger partial charge in [-0.1, -0.05) is 53.7 Å². The van der Waals surface area contributed by atoms with Gasteiger partial charge in [0.2, 0.25) is 0 Å². The van der Waals surface area contributed by atoms with Gasteiger partial charge < -0.3 is 20.4 Å². The van der Waals surface area contributed by atoms with Gasteiger partial charge in [0.15, 0.2) is 5.84 Å². The van der Waals surface area contributed by atoms with Crippen molar-refractivity contribution < 1.29 is 39.9 Å². The van der Waals surface area contributed by atoms with E-state index in [2.05, 4.69) is 20.8 Å². The predicted molar refractivity (Wildman–Crippen MR) is 119 cm³/mol. The average molecular weight is 514 g/mol. The molecule has 0 saturated carbocycles. The molecular weight excluding hydrogens is 496 g/mol. The molecule has 2 N–H and O–H groups in total. The molecule has 0 aromatic heterocycles. The molecule has 0 aliphatic rings. The Morgan fingerprint density at radius 1 is 1.03 bits per heavy atom. The zero-order valence-electron chi connectivity index (χ0n) is 17.4. The summed E-state index contributed by atoms with van der Waals surface area (Å²) in [6.45, 7) is 3.29. The van der Waals surface area contributed by atoms with Crippen molar-refractivity contribution in [2.24, 2.45) is 15.3 Å². The molecule has 9 nitrogen and oxygen atoms in total. The number of amidine groups is 1. The Morgan fingerprint density at radius 2 is 1.73 bits per heavy atom. The van der Waals surface area contributed by atoms with Crippen LogP contribution in [0.1, 0.15) is 22.3 Å². The first-order chi connectivity index (χ1) is 15.2. The average Bonchev–Trinajstić information content (AvgIpc) is 2.76. The van der Waals surface area contributed by atoms with Gasteiger partial charge in [0.05, 0.1) is 11.2 Å². The Balaban J connectivity index is 0.00000385. The molecule has 0 aliphatic carbocycles. The summed E-state index contributed by atoms with van der Waals surface area (Å²) in [6, 6.07) is 15.8. The number of hydrogen-bond donors (Lipinski definition) is 2. The second kappa shape index (κ2) is 11.0. The van der Waals surface area contributed by atoms with E-state index in [1.165, 1.54) is 6.92 Å². The van der Waals surface area contributed by atoms with E-state index in [4.69, 9.17) is 0 Å². The molecule has 11 heteroatoms. The van der Waals surface area contributed by atoms with Crippen LogP contribution in [0.3, 0.4) is 0 Å². The minimum Gasteiger partial charge on any atom is -0.571 e. The van der Waals surface area contributed by atoms with Gasteiger partial charge in [0, 0.05) is 5.56 Å².